The largest absolute Gasteiger partial charge is 0.494 e. The molecule has 1 aliphatic rings. The average molecular weight is 287 g/mol. The van der Waals surface area contributed by atoms with Gasteiger partial charge in [-0.1, -0.05) is 12.1 Å². The molecule has 0 aliphatic carbocycles. The van der Waals surface area contributed by atoms with Gasteiger partial charge >= 0.3 is 7.12 Å². The Kier molecular flexibility index (Phi) is 4.31. The zero-order chi connectivity index (χ0) is 15.7. The molecule has 1 aromatic rings. The van der Waals surface area contributed by atoms with Crippen molar-refractivity contribution >= 4 is 12.6 Å². The zero-order valence-electron chi connectivity index (χ0n) is 13.4. The van der Waals surface area contributed by atoms with Crippen LogP contribution in [-0.2, 0) is 15.7 Å². The lowest BCUT2D eigenvalue weighted by atomic mass is 9.78. The summed E-state index contributed by atoms with van der Waals surface area (Å²) in [4.78, 5) is 0. The first-order chi connectivity index (χ1) is 9.80. The van der Waals surface area contributed by atoms with Crippen LogP contribution in [0, 0.1) is 11.3 Å². The van der Waals surface area contributed by atoms with Crippen LogP contribution in [0.5, 0.6) is 5.75 Å². The Morgan fingerprint density at radius 2 is 1.81 bits per heavy atom. The van der Waals surface area contributed by atoms with E-state index in [1.165, 1.54) is 0 Å². The van der Waals surface area contributed by atoms with E-state index in [4.69, 9.17) is 19.3 Å². The number of hydrogen-bond acceptors (Lipinski definition) is 4. The van der Waals surface area contributed by atoms with Gasteiger partial charge < -0.3 is 14.0 Å². The lowest BCUT2D eigenvalue weighted by Gasteiger charge is -2.32. The molecule has 4 nitrogen and oxygen atoms in total. The van der Waals surface area contributed by atoms with Crippen molar-refractivity contribution in [1.82, 2.24) is 0 Å². The van der Waals surface area contributed by atoms with Crippen LogP contribution < -0.4 is 10.2 Å². The maximum absolute atomic E-state index is 8.88. The molecule has 0 N–H and O–H groups in total. The van der Waals surface area contributed by atoms with Crippen LogP contribution in [0.15, 0.2) is 18.2 Å². The molecule has 1 heterocycles. The van der Waals surface area contributed by atoms with Crippen LogP contribution in [0.4, 0.5) is 0 Å². The van der Waals surface area contributed by atoms with Gasteiger partial charge in [0.2, 0.25) is 0 Å². The molecule has 0 unspecified atom stereocenters. The monoisotopic (exact) mass is 287 g/mol. The highest BCUT2D eigenvalue weighted by atomic mass is 16.7. The van der Waals surface area contributed by atoms with Crippen LogP contribution in [0.1, 0.15) is 40.2 Å². The van der Waals surface area contributed by atoms with E-state index in [1.54, 1.807) is 0 Å². The second-order valence-electron chi connectivity index (χ2n) is 6.22. The first kappa shape index (κ1) is 15.9. The molecular weight excluding hydrogens is 265 g/mol. The summed E-state index contributed by atoms with van der Waals surface area (Å²) in [5.41, 5.74) is 1.07. The van der Waals surface area contributed by atoms with Gasteiger partial charge in [0, 0.05) is 5.56 Å². The Hall–Kier alpha value is -1.51. The summed E-state index contributed by atoms with van der Waals surface area (Å²) < 4.78 is 17.7. The molecule has 0 amide bonds. The van der Waals surface area contributed by atoms with Crippen LogP contribution in [-0.4, -0.2) is 24.9 Å². The molecule has 112 valence electrons. The van der Waals surface area contributed by atoms with Crippen molar-refractivity contribution in [2.45, 2.75) is 52.2 Å². The van der Waals surface area contributed by atoms with Crippen LogP contribution >= 0.6 is 0 Å². The summed E-state index contributed by atoms with van der Waals surface area (Å²) in [6.45, 7) is 10.6. The standard InChI is InChI=1S/C16H22BNO3/c1-6-19-14-11-13(8-7-12(14)9-10-18)17-20-15(2,3)16(4,5)21-17/h7-8,11H,6,9H2,1-5H3. The summed E-state index contributed by atoms with van der Waals surface area (Å²) in [7, 11) is -0.412. The number of nitrogens with zero attached hydrogens (tertiary/aromatic N) is 1. The fraction of sp³-hybridized carbons (Fsp3) is 0.562. The lowest BCUT2D eigenvalue weighted by molar-refractivity contribution is 0.00578. The number of ether oxygens (including phenoxy) is 1. The van der Waals surface area contributed by atoms with Crippen LogP contribution in [0.25, 0.3) is 0 Å². The predicted molar refractivity (Wildman–Crippen MR) is 82.6 cm³/mol. The third-order valence-corrected chi connectivity index (χ3v) is 4.19. The molecule has 0 radical (unpaired) electrons. The highest BCUT2D eigenvalue weighted by Gasteiger charge is 2.51. The first-order valence-corrected chi connectivity index (χ1v) is 7.29. The van der Waals surface area contributed by atoms with E-state index >= 15 is 0 Å². The molecule has 1 aliphatic heterocycles. The number of nitriles is 1. The Morgan fingerprint density at radius 1 is 1.19 bits per heavy atom. The summed E-state index contributed by atoms with van der Waals surface area (Å²) in [5.74, 6) is 0.728. The fourth-order valence-corrected chi connectivity index (χ4v) is 2.22. The Morgan fingerprint density at radius 3 is 2.33 bits per heavy atom. The van der Waals surface area contributed by atoms with Gasteiger partial charge in [-0.2, -0.15) is 5.26 Å². The van der Waals surface area contributed by atoms with Crippen molar-refractivity contribution in [2.24, 2.45) is 0 Å². The van der Waals surface area contributed by atoms with Crippen molar-refractivity contribution in [3.63, 3.8) is 0 Å². The molecule has 5 heteroatoms. The molecular formula is C16H22BNO3. The normalized spacial score (nSPS) is 19.3. The number of benzene rings is 1. The quantitative estimate of drug-likeness (QED) is 0.798. The maximum Gasteiger partial charge on any atom is 0.494 e. The molecule has 2 rings (SSSR count). The van der Waals surface area contributed by atoms with Gasteiger partial charge in [0.15, 0.2) is 0 Å². The minimum Gasteiger partial charge on any atom is -0.494 e. The predicted octanol–water partition coefficient (Wildman–Crippen LogP) is 2.45. The van der Waals surface area contributed by atoms with Gasteiger partial charge in [-0.25, -0.2) is 0 Å². The zero-order valence-corrected chi connectivity index (χ0v) is 13.4. The fourth-order valence-electron chi connectivity index (χ4n) is 2.22. The second kappa shape index (κ2) is 5.71. The van der Waals surface area contributed by atoms with Gasteiger partial charge in [0.05, 0.1) is 30.3 Å². The van der Waals surface area contributed by atoms with Crippen LogP contribution in [0.3, 0.4) is 0 Å². The van der Waals surface area contributed by atoms with E-state index in [2.05, 4.69) is 6.07 Å². The minimum atomic E-state index is -0.412. The van der Waals surface area contributed by atoms with Gasteiger partial charge in [0.25, 0.3) is 0 Å². The summed E-state index contributed by atoms with van der Waals surface area (Å²) in [5, 5.41) is 8.88. The molecule has 0 saturated carbocycles. The van der Waals surface area contributed by atoms with Gasteiger partial charge in [-0.3, -0.25) is 0 Å². The molecule has 0 atom stereocenters. The first-order valence-electron chi connectivity index (χ1n) is 7.29. The van der Waals surface area contributed by atoms with Crippen molar-refractivity contribution in [3.8, 4) is 11.8 Å². The van der Waals surface area contributed by atoms with Crippen LogP contribution in [0.2, 0.25) is 0 Å². The summed E-state index contributed by atoms with van der Waals surface area (Å²) >= 11 is 0. The van der Waals surface area contributed by atoms with Gasteiger partial charge in [-0.15, -0.1) is 0 Å². The van der Waals surface area contributed by atoms with E-state index in [1.807, 2.05) is 52.8 Å². The smallest absolute Gasteiger partial charge is 0.494 e. The van der Waals surface area contributed by atoms with Gasteiger partial charge in [-0.05, 0) is 46.1 Å². The van der Waals surface area contributed by atoms with Crippen molar-refractivity contribution in [2.75, 3.05) is 6.61 Å². The Balaban J connectivity index is 2.30. The Labute approximate surface area is 127 Å². The third kappa shape index (κ3) is 3.07. The lowest BCUT2D eigenvalue weighted by Crippen LogP contribution is -2.41. The number of rotatable bonds is 4. The number of hydrogen-bond donors (Lipinski definition) is 0. The molecule has 1 saturated heterocycles. The second-order valence-corrected chi connectivity index (χ2v) is 6.22. The van der Waals surface area contributed by atoms with E-state index in [9.17, 15) is 0 Å². The summed E-state index contributed by atoms with van der Waals surface area (Å²) in [6, 6.07) is 7.92. The summed E-state index contributed by atoms with van der Waals surface area (Å²) in [6.07, 6.45) is 0.332. The topological polar surface area (TPSA) is 51.5 Å². The van der Waals surface area contributed by atoms with E-state index < -0.39 is 7.12 Å². The van der Waals surface area contributed by atoms with Gasteiger partial charge in [0.1, 0.15) is 5.75 Å². The van der Waals surface area contributed by atoms with Crippen molar-refractivity contribution in [3.05, 3.63) is 23.8 Å². The highest BCUT2D eigenvalue weighted by Crippen LogP contribution is 2.36. The SMILES string of the molecule is CCOc1cc(B2OC(C)(C)C(C)(C)O2)ccc1CC#N. The van der Waals surface area contributed by atoms with E-state index in [0.717, 1.165) is 16.8 Å². The maximum atomic E-state index is 8.88. The van der Waals surface area contributed by atoms with Crippen molar-refractivity contribution < 1.29 is 14.0 Å². The molecule has 0 bridgehead atoms. The minimum absolute atomic E-state index is 0.332. The molecule has 0 spiro atoms. The molecule has 1 aromatic carbocycles. The third-order valence-electron chi connectivity index (χ3n) is 4.19. The molecule has 21 heavy (non-hydrogen) atoms. The Bertz CT molecular complexity index is 547. The highest BCUT2D eigenvalue weighted by molar-refractivity contribution is 6.62. The molecule has 1 fully saturated rings. The van der Waals surface area contributed by atoms with E-state index in [0.29, 0.717) is 13.0 Å². The average Bonchev–Trinajstić information content (AvgIpc) is 2.61. The molecule has 0 aromatic heterocycles. The van der Waals surface area contributed by atoms with E-state index in [-0.39, 0.29) is 11.2 Å². The van der Waals surface area contributed by atoms with Crippen molar-refractivity contribution in [1.29, 1.82) is 5.26 Å².